The van der Waals surface area contributed by atoms with Crippen molar-refractivity contribution in [3.8, 4) is 0 Å². The van der Waals surface area contributed by atoms with E-state index in [2.05, 4.69) is 39.6 Å². The summed E-state index contributed by atoms with van der Waals surface area (Å²) in [5.41, 5.74) is 1.07. The van der Waals surface area contributed by atoms with Crippen LogP contribution in [0, 0.1) is 0 Å². The standard InChI is InChI=1S/C14H13ClN4S2/c1-19-7-6-16-14(19)21-11-4-2-10(3-5-11)17-8-12-9-18-13(15)20-12/h2-7,9,17H,8H2,1H3. The molecule has 21 heavy (non-hydrogen) atoms. The summed E-state index contributed by atoms with van der Waals surface area (Å²) < 4.78 is 2.58. The first-order chi connectivity index (χ1) is 10.2. The van der Waals surface area contributed by atoms with Gasteiger partial charge in [0.05, 0.1) is 6.54 Å². The zero-order valence-corrected chi connectivity index (χ0v) is 13.7. The topological polar surface area (TPSA) is 42.7 Å². The van der Waals surface area contributed by atoms with E-state index in [4.69, 9.17) is 11.6 Å². The van der Waals surface area contributed by atoms with Crippen LogP contribution < -0.4 is 5.32 Å². The molecule has 0 unspecified atom stereocenters. The Morgan fingerprint density at radius 1 is 1.29 bits per heavy atom. The lowest BCUT2D eigenvalue weighted by atomic mass is 10.3. The van der Waals surface area contributed by atoms with Crippen molar-refractivity contribution in [3.63, 3.8) is 0 Å². The Labute approximate surface area is 136 Å². The highest BCUT2D eigenvalue weighted by Gasteiger charge is 2.03. The van der Waals surface area contributed by atoms with E-state index in [1.54, 1.807) is 24.2 Å². The fourth-order valence-corrected chi connectivity index (χ4v) is 3.47. The van der Waals surface area contributed by atoms with Crippen molar-refractivity contribution in [2.45, 2.75) is 16.6 Å². The lowest BCUT2D eigenvalue weighted by molar-refractivity contribution is 0.790. The van der Waals surface area contributed by atoms with E-state index < -0.39 is 0 Å². The number of nitrogens with zero attached hydrogens (tertiary/aromatic N) is 3. The number of rotatable bonds is 5. The Morgan fingerprint density at radius 2 is 2.10 bits per heavy atom. The van der Waals surface area contributed by atoms with Gasteiger partial charge in [-0.25, -0.2) is 9.97 Å². The smallest absolute Gasteiger partial charge is 0.183 e. The molecule has 1 aromatic carbocycles. The zero-order valence-electron chi connectivity index (χ0n) is 11.3. The maximum Gasteiger partial charge on any atom is 0.183 e. The van der Waals surface area contributed by atoms with Gasteiger partial charge < -0.3 is 9.88 Å². The Morgan fingerprint density at radius 3 is 2.71 bits per heavy atom. The van der Waals surface area contributed by atoms with Crippen LogP contribution >= 0.6 is 34.7 Å². The summed E-state index contributed by atoms with van der Waals surface area (Å²) in [4.78, 5) is 10.6. The molecular formula is C14H13ClN4S2. The fourth-order valence-electron chi connectivity index (χ4n) is 1.75. The molecule has 0 aliphatic heterocycles. The van der Waals surface area contributed by atoms with Gasteiger partial charge in [0.25, 0.3) is 0 Å². The van der Waals surface area contributed by atoms with Crippen LogP contribution in [0.15, 0.2) is 52.9 Å². The van der Waals surface area contributed by atoms with Crippen LogP contribution in [-0.2, 0) is 13.6 Å². The monoisotopic (exact) mass is 336 g/mol. The summed E-state index contributed by atoms with van der Waals surface area (Å²) in [6.45, 7) is 0.732. The predicted octanol–water partition coefficient (Wildman–Crippen LogP) is 4.29. The van der Waals surface area contributed by atoms with Crippen LogP contribution in [0.5, 0.6) is 0 Å². The molecule has 0 saturated carbocycles. The van der Waals surface area contributed by atoms with Crippen molar-refractivity contribution in [1.29, 1.82) is 0 Å². The van der Waals surface area contributed by atoms with Crippen LogP contribution in [0.25, 0.3) is 0 Å². The van der Waals surface area contributed by atoms with Crippen molar-refractivity contribution in [2.75, 3.05) is 5.32 Å². The van der Waals surface area contributed by atoms with Crippen molar-refractivity contribution in [2.24, 2.45) is 7.05 Å². The normalized spacial score (nSPS) is 10.8. The molecule has 1 N–H and O–H groups in total. The second-order valence-corrected chi connectivity index (χ2v) is 7.12. The van der Waals surface area contributed by atoms with Gasteiger partial charge >= 0.3 is 0 Å². The molecule has 0 radical (unpaired) electrons. The molecule has 108 valence electrons. The first kappa shape index (κ1) is 14.4. The maximum atomic E-state index is 5.81. The third kappa shape index (κ3) is 3.78. The number of anilines is 1. The molecule has 3 rings (SSSR count). The average Bonchev–Trinajstić information content (AvgIpc) is 3.08. The number of imidazole rings is 1. The van der Waals surface area contributed by atoms with Crippen molar-refractivity contribution >= 4 is 40.4 Å². The van der Waals surface area contributed by atoms with Crippen LogP contribution in [0.2, 0.25) is 4.47 Å². The van der Waals surface area contributed by atoms with E-state index in [0.717, 1.165) is 27.2 Å². The molecule has 0 aliphatic rings. The molecule has 0 spiro atoms. The summed E-state index contributed by atoms with van der Waals surface area (Å²) in [5, 5.41) is 4.33. The zero-order chi connectivity index (χ0) is 14.7. The quantitative estimate of drug-likeness (QED) is 0.754. The Hall–Kier alpha value is -1.50. The molecule has 0 saturated heterocycles. The van der Waals surface area contributed by atoms with E-state index >= 15 is 0 Å². The number of aromatic nitrogens is 3. The second kappa shape index (κ2) is 6.51. The maximum absolute atomic E-state index is 5.81. The molecule has 2 aromatic heterocycles. The van der Waals surface area contributed by atoms with Crippen molar-refractivity contribution in [1.82, 2.24) is 14.5 Å². The molecule has 7 heteroatoms. The largest absolute Gasteiger partial charge is 0.380 e. The van der Waals surface area contributed by atoms with E-state index in [0.29, 0.717) is 4.47 Å². The molecular weight excluding hydrogens is 324 g/mol. The minimum absolute atomic E-state index is 0.577. The number of nitrogens with one attached hydrogen (secondary N) is 1. The fraction of sp³-hybridized carbons (Fsp3) is 0.143. The van der Waals surface area contributed by atoms with Gasteiger partial charge in [0.1, 0.15) is 0 Å². The average molecular weight is 337 g/mol. The Kier molecular flexibility index (Phi) is 4.48. The van der Waals surface area contributed by atoms with Crippen LogP contribution in [-0.4, -0.2) is 14.5 Å². The van der Waals surface area contributed by atoms with Crippen molar-refractivity contribution in [3.05, 3.63) is 52.2 Å². The van der Waals surface area contributed by atoms with Gasteiger partial charge in [-0.1, -0.05) is 23.4 Å². The summed E-state index contributed by atoms with van der Waals surface area (Å²) in [5.74, 6) is 0. The van der Waals surface area contributed by atoms with Crippen molar-refractivity contribution < 1.29 is 0 Å². The first-order valence-electron chi connectivity index (χ1n) is 6.30. The number of aryl methyl sites for hydroxylation is 1. The number of halogens is 1. The van der Waals surface area contributed by atoms with Crippen LogP contribution in [0.4, 0.5) is 5.69 Å². The molecule has 3 aromatic rings. The minimum atomic E-state index is 0.577. The van der Waals surface area contributed by atoms with Gasteiger partial charge in [0, 0.05) is 41.1 Å². The van der Waals surface area contributed by atoms with E-state index in [9.17, 15) is 0 Å². The summed E-state index contributed by atoms with van der Waals surface area (Å²) in [6.07, 6.45) is 5.54. The van der Waals surface area contributed by atoms with Gasteiger partial charge in [-0.15, -0.1) is 11.3 Å². The van der Waals surface area contributed by atoms with Gasteiger partial charge in [-0.05, 0) is 24.3 Å². The third-order valence-electron chi connectivity index (χ3n) is 2.83. The predicted molar refractivity (Wildman–Crippen MR) is 88.2 cm³/mol. The van der Waals surface area contributed by atoms with Crippen LogP contribution in [0.3, 0.4) is 0 Å². The SMILES string of the molecule is Cn1ccnc1Sc1ccc(NCc2cnc(Cl)s2)cc1. The number of benzene rings is 1. The van der Waals surface area contributed by atoms with E-state index in [1.165, 1.54) is 11.3 Å². The third-order valence-corrected chi connectivity index (χ3v) is 5.03. The lowest BCUT2D eigenvalue weighted by Gasteiger charge is -2.06. The minimum Gasteiger partial charge on any atom is -0.380 e. The molecule has 0 amide bonds. The highest BCUT2D eigenvalue weighted by molar-refractivity contribution is 7.99. The summed E-state index contributed by atoms with van der Waals surface area (Å²) >= 11 is 8.95. The summed E-state index contributed by atoms with van der Waals surface area (Å²) in [7, 11) is 1.99. The number of hydrogen-bond acceptors (Lipinski definition) is 5. The van der Waals surface area contributed by atoms with E-state index in [-0.39, 0.29) is 0 Å². The second-order valence-electron chi connectivity index (χ2n) is 4.38. The molecule has 2 heterocycles. The molecule has 0 bridgehead atoms. The molecule has 0 fully saturated rings. The van der Waals surface area contributed by atoms with Gasteiger partial charge in [-0.2, -0.15) is 0 Å². The van der Waals surface area contributed by atoms with Gasteiger partial charge in [-0.3, -0.25) is 0 Å². The number of thiazole rings is 1. The summed E-state index contributed by atoms with van der Waals surface area (Å²) in [6, 6.07) is 8.30. The van der Waals surface area contributed by atoms with Crippen LogP contribution in [0.1, 0.15) is 4.88 Å². The first-order valence-corrected chi connectivity index (χ1v) is 8.31. The highest BCUT2D eigenvalue weighted by atomic mass is 35.5. The number of hydrogen-bond donors (Lipinski definition) is 1. The Bertz CT molecular complexity index is 721. The van der Waals surface area contributed by atoms with Gasteiger partial charge in [0.2, 0.25) is 0 Å². The van der Waals surface area contributed by atoms with Gasteiger partial charge in [0.15, 0.2) is 9.62 Å². The lowest BCUT2D eigenvalue weighted by Crippen LogP contribution is -1.96. The Balaban J connectivity index is 1.60. The molecule has 0 atom stereocenters. The highest BCUT2D eigenvalue weighted by Crippen LogP contribution is 2.27. The van der Waals surface area contributed by atoms with E-state index in [1.807, 2.05) is 17.8 Å². The molecule has 4 nitrogen and oxygen atoms in total. The molecule has 0 aliphatic carbocycles.